The van der Waals surface area contributed by atoms with E-state index in [9.17, 15) is 4.79 Å². The zero-order chi connectivity index (χ0) is 19.3. The molecule has 8 heteroatoms. The number of amides is 1. The highest BCUT2D eigenvalue weighted by Crippen LogP contribution is 2.26. The summed E-state index contributed by atoms with van der Waals surface area (Å²) in [7, 11) is 0. The lowest BCUT2D eigenvalue weighted by Crippen LogP contribution is -2.35. The molecule has 0 bridgehead atoms. The van der Waals surface area contributed by atoms with Crippen molar-refractivity contribution in [3.05, 3.63) is 64.9 Å². The lowest BCUT2D eigenvalue weighted by atomic mass is 10.1. The van der Waals surface area contributed by atoms with Crippen molar-refractivity contribution < 1.29 is 9.53 Å². The summed E-state index contributed by atoms with van der Waals surface area (Å²) in [6, 6.07) is 12.8. The van der Waals surface area contributed by atoms with Crippen molar-refractivity contribution in [2.24, 2.45) is 0 Å². The number of carbonyl (C=O) groups is 1. The molecule has 0 radical (unpaired) electrons. The first-order chi connectivity index (χ1) is 13.7. The van der Waals surface area contributed by atoms with Crippen LogP contribution in [-0.4, -0.2) is 52.3 Å². The number of morpholine rings is 1. The minimum Gasteiger partial charge on any atom is -0.379 e. The third kappa shape index (κ3) is 4.39. The molecule has 3 aromatic rings. The molecule has 4 rings (SSSR count). The smallest absolute Gasteiger partial charge is 0.274 e. The molecule has 1 aliphatic heterocycles. The zero-order valence-corrected chi connectivity index (χ0v) is 15.9. The van der Waals surface area contributed by atoms with E-state index in [0.717, 1.165) is 44.0 Å². The first kappa shape index (κ1) is 18.6. The van der Waals surface area contributed by atoms with E-state index in [4.69, 9.17) is 16.3 Å². The van der Waals surface area contributed by atoms with Crippen LogP contribution in [0.2, 0.25) is 5.02 Å². The first-order valence-corrected chi connectivity index (χ1v) is 9.43. The molecule has 1 amide bonds. The molecule has 0 saturated carbocycles. The molecular formula is C20H20ClN5O2. The molecule has 1 saturated heterocycles. The van der Waals surface area contributed by atoms with Crippen LogP contribution in [0.25, 0.3) is 11.3 Å². The number of pyridine rings is 1. The fourth-order valence-corrected chi connectivity index (χ4v) is 3.27. The SMILES string of the molecule is O=C(Nc1ccc(CN2CCOCC2)cn1)c1cc(-c2ccccc2Cl)n[nH]1. The van der Waals surface area contributed by atoms with E-state index in [0.29, 0.717) is 22.2 Å². The quantitative estimate of drug-likeness (QED) is 0.690. The van der Waals surface area contributed by atoms with Crippen molar-refractivity contribution in [1.82, 2.24) is 20.1 Å². The Hall–Kier alpha value is -2.74. The van der Waals surface area contributed by atoms with Crippen molar-refractivity contribution in [3.63, 3.8) is 0 Å². The van der Waals surface area contributed by atoms with Crippen LogP contribution in [0, 0.1) is 0 Å². The zero-order valence-electron chi connectivity index (χ0n) is 15.2. The number of hydrogen-bond acceptors (Lipinski definition) is 5. The second-order valence-electron chi connectivity index (χ2n) is 6.54. The number of hydrogen-bond donors (Lipinski definition) is 2. The molecule has 0 spiro atoms. The highest BCUT2D eigenvalue weighted by atomic mass is 35.5. The average molecular weight is 398 g/mol. The number of aromatic nitrogens is 3. The number of benzene rings is 1. The predicted molar refractivity (Wildman–Crippen MR) is 107 cm³/mol. The number of anilines is 1. The minimum absolute atomic E-state index is 0.306. The summed E-state index contributed by atoms with van der Waals surface area (Å²) in [5, 5.41) is 10.3. The third-order valence-electron chi connectivity index (χ3n) is 4.55. The van der Waals surface area contributed by atoms with Crippen molar-refractivity contribution in [2.75, 3.05) is 31.6 Å². The number of nitrogens with zero attached hydrogens (tertiary/aromatic N) is 3. The monoisotopic (exact) mass is 397 g/mol. The number of aromatic amines is 1. The van der Waals surface area contributed by atoms with Gasteiger partial charge in [-0.05, 0) is 23.8 Å². The molecule has 2 N–H and O–H groups in total. The summed E-state index contributed by atoms with van der Waals surface area (Å²) in [6.45, 7) is 4.20. The Kier molecular flexibility index (Phi) is 5.66. The topological polar surface area (TPSA) is 83.1 Å². The fourth-order valence-electron chi connectivity index (χ4n) is 3.04. The van der Waals surface area contributed by atoms with E-state index >= 15 is 0 Å². The summed E-state index contributed by atoms with van der Waals surface area (Å²) in [4.78, 5) is 19.1. The highest BCUT2D eigenvalue weighted by molar-refractivity contribution is 6.33. The molecule has 0 unspecified atom stereocenters. The Labute approximate surface area is 167 Å². The molecular weight excluding hydrogens is 378 g/mol. The molecule has 1 aliphatic rings. The highest BCUT2D eigenvalue weighted by Gasteiger charge is 2.14. The van der Waals surface area contributed by atoms with Gasteiger partial charge in [0.15, 0.2) is 0 Å². The van der Waals surface area contributed by atoms with E-state index in [1.54, 1.807) is 24.4 Å². The van der Waals surface area contributed by atoms with Gasteiger partial charge in [-0.1, -0.05) is 35.9 Å². The maximum Gasteiger partial charge on any atom is 0.274 e. The minimum atomic E-state index is -0.306. The van der Waals surface area contributed by atoms with Crippen LogP contribution < -0.4 is 5.32 Å². The Bertz CT molecular complexity index is 951. The van der Waals surface area contributed by atoms with E-state index in [-0.39, 0.29) is 5.91 Å². The number of carbonyl (C=O) groups excluding carboxylic acids is 1. The van der Waals surface area contributed by atoms with Crippen LogP contribution in [0.5, 0.6) is 0 Å². The standard InChI is InChI=1S/C20H20ClN5O2/c21-16-4-2-1-3-15(16)17-11-18(25-24-17)20(27)23-19-6-5-14(12-22-19)13-26-7-9-28-10-8-26/h1-6,11-12H,7-10,13H2,(H,24,25)(H,22,23,27). The molecule has 144 valence electrons. The molecule has 28 heavy (non-hydrogen) atoms. The summed E-state index contributed by atoms with van der Waals surface area (Å²) in [6.07, 6.45) is 1.78. The van der Waals surface area contributed by atoms with Gasteiger partial charge in [0.25, 0.3) is 5.91 Å². The van der Waals surface area contributed by atoms with Crippen LogP contribution in [0.4, 0.5) is 5.82 Å². The normalized spacial score (nSPS) is 14.8. The maximum atomic E-state index is 12.5. The van der Waals surface area contributed by atoms with E-state index in [2.05, 4.69) is 25.4 Å². The molecule has 0 aliphatic carbocycles. The summed E-state index contributed by atoms with van der Waals surface area (Å²) in [5.74, 6) is 0.184. The van der Waals surface area contributed by atoms with Crippen LogP contribution in [0.15, 0.2) is 48.7 Å². The summed E-state index contributed by atoms with van der Waals surface area (Å²) < 4.78 is 5.36. The van der Waals surface area contributed by atoms with Crippen LogP contribution >= 0.6 is 11.6 Å². The van der Waals surface area contributed by atoms with Gasteiger partial charge in [0.05, 0.1) is 23.9 Å². The van der Waals surface area contributed by atoms with Gasteiger partial charge in [-0.2, -0.15) is 5.10 Å². The summed E-state index contributed by atoms with van der Waals surface area (Å²) >= 11 is 6.19. The number of rotatable bonds is 5. The third-order valence-corrected chi connectivity index (χ3v) is 4.88. The van der Waals surface area contributed by atoms with Gasteiger partial charge < -0.3 is 10.1 Å². The lowest BCUT2D eigenvalue weighted by Gasteiger charge is -2.26. The number of halogens is 1. The van der Waals surface area contributed by atoms with Crippen LogP contribution in [0.1, 0.15) is 16.1 Å². The molecule has 1 fully saturated rings. The fraction of sp³-hybridized carbons (Fsp3) is 0.250. The number of nitrogens with one attached hydrogen (secondary N) is 2. The second-order valence-corrected chi connectivity index (χ2v) is 6.95. The van der Waals surface area contributed by atoms with Gasteiger partial charge in [-0.25, -0.2) is 4.98 Å². The Morgan fingerprint density at radius 2 is 2.04 bits per heavy atom. The van der Waals surface area contributed by atoms with Crippen molar-refractivity contribution >= 4 is 23.3 Å². The second kappa shape index (κ2) is 8.52. The van der Waals surface area contributed by atoms with Gasteiger partial charge >= 0.3 is 0 Å². The Morgan fingerprint density at radius 3 is 2.79 bits per heavy atom. The maximum absolute atomic E-state index is 12.5. The van der Waals surface area contributed by atoms with Crippen molar-refractivity contribution in [1.29, 1.82) is 0 Å². The van der Waals surface area contributed by atoms with Crippen molar-refractivity contribution in [3.8, 4) is 11.3 Å². The van der Waals surface area contributed by atoms with Crippen LogP contribution in [0.3, 0.4) is 0 Å². The summed E-state index contributed by atoms with van der Waals surface area (Å²) in [5.41, 5.74) is 2.83. The predicted octanol–water partition coefficient (Wildman–Crippen LogP) is 3.21. The molecule has 0 atom stereocenters. The Balaban J connectivity index is 1.39. The van der Waals surface area contributed by atoms with Gasteiger partial charge in [0.1, 0.15) is 11.5 Å². The number of H-pyrrole nitrogens is 1. The lowest BCUT2D eigenvalue weighted by molar-refractivity contribution is 0.0341. The Morgan fingerprint density at radius 1 is 1.21 bits per heavy atom. The van der Waals surface area contributed by atoms with E-state index in [1.165, 1.54) is 0 Å². The van der Waals surface area contributed by atoms with Gasteiger partial charge in [0.2, 0.25) is 0 Å². The largest absolute Gasteiger partial charge is 0.379 e. The molecule has 1 aromatic carbocycles. The number of ether oxygens (including phenoxy) is 1. The van der Waals surface area contributed by atoms with Gasteiger partial charge in [0, 0.05) is 31.4 Å². The van der Waals surface area contributed by atoms with E-state index < -0.39 is 0 Å². The van der Waals surface area contributed by atoms with Crippen LogP contribution in [-0.2, 0) is 11.3 Å². The molecule has 3 heterocycles. The van der Waals surface area contributed by atoms with Gasteiger partial charge in [-0.3, -0.25) is 14.8 Å². The molecule has 7 nitrogen and oxygen atoms in total. The van der Waals surface area contributed by atoms with E-state index in [1.807, 2.05) is 24.3 Å². The average Bonchev–Trinajstić information content (AvgIpc) is 3.21. The van der Waals surface area contributed by atoms with Crippen molar-refractivity contribution in [2.45, 2.75) is 6.54 Å². The first-order valence-electron chi connectivity index (χ1n) is 9.06. The van der Waals surface area contributed by atoms with Gasteiger partial charge in [-0.15, -0.1) is 0 Å². The molecule has 2 aromatic heterocycles.